The van der Waals surface area contributed by atoms with E-state index in [0.717, 1.165) is 61.9 Å². The number of carbonyl (C=O) groups is 1. The Labute approximate surface area is 411 Å². The third-order valence-electron chi connectivity index (χ3n) is 14.8. The van der Waals surface area contributed by atoms with Crippen LogP contribution in [0, 0.1) is 0 Å². The predicted molar refractivity (Wildman–Crippen MR) is 293 cm³/mol. The molecule has 8 heteroatoms. The average Bonchev–Trinajstić information content (AvgIpc) is 3.26. The molecule has 0 spiro atoms. The van der Waals surface area contributed by atoms with E-state index in [-0.39, 0.29) is 13.3 Å². The van der Waals surface area contributed by atoms with Crippen LogP contribution in [0.1, 0.15) is 237 Å². The van der Waals surface area contributed by atoms with Gasteiger partial charge in [-0.2, -0.15) is 0 Å². The number of rotatable bonds is 38. The van der Waals surface area contributed by atoms with Gasteiger partial charge < -0.3 is 23.6 Å². The van der Waals surface area contributed by atoms with Crippen molar-refractivity contribution in [2.24, 2.45) is 0 Å². The van der Waals surface area contributed by atoms with Crippen LogP contribution in [0.25, 0.3) is 0 Å². The molecule has 1 N–H and O–H groups in total. The van der Waals surface area contributed by atoms with Gasteiger partial charge in [0, 0.05) is 19.6 Å². The second kappa shape index (κ2) is 33.4. The zero-order valence-corrected chi connectivity index (χ0v) is 46.9. The molecule has 0 aliphatic heterocycles. The molecule has 0 aromatic heterocycles. The summed E-state index contributed by atoms with van der Waals surface area (Å²) in [6, 6.07) is 16.5. The minimum atomic E-state index is -1.72. The standard InChI is InChI=1S/C57H103NO5Si2.CH4/c1-15-56(59)58-57(14,52-34-38-54(39-35-52)60-42-30-26-22-18-16-20-24-28-32-44-62-64(46(2)3,47(4)5)48(6)7)53-36-40-55(41-37-53)61-43-31-27-23-19-17-21-25-29-33-45-63-65(49(8)9,50(10)11)51(12)13;/h34-41,46-51H,15-33,42-45H2,1-14H3,(H,58,59);1H4. The van der Waals surface area contributed by atoms with Gasteiger partial charge in [-0.05, 0) is 101 Å². The Morgan fingerprint density at radius 3 is 0.924 bits per heavy atom. The fourth-order valence-corrected chi connectivity index (χ4v) is 22.2. The first-order valence-electron chi connectivity index (χ1n) is 27.0. The normalized spacial score (nSPS) is 12.5. The smallest absolute Gasteiger partial charge is 0.220 e. The zero-order valence-electron chi connectivity index (χ0n) is 44.9. The van der Waals surface area contributed by atoms with E-state index >= 15 is 0 Å². The van der Waals surface area contributed by atoms with Gasteiger partial charge in [-0.15, -0.1) is 0 Å². The van der Waals surface area contributed by atoms with Crippen molar-refractivity contribution in [1.29, 1.82) is 0 Å². The Bertz CT molecular complexity index is 1360. The van der Waals surface area contributed by atoms with Crippen molar-refractivity contribution >= 4 is 22.5 Å². The Hall–Kier alpha value is -2.14. The number of carbonyl (C=O) groups excluding carboxylic acids is 1. The van der Waals surface area contributed by atoms with Gasteiger partial charge in [0.1, 0.15) is 11.5 Å². The van der Waals surface area contributed by atoms with E-state index < -0.39 is 22.2 Å². The van der Waals surface area contributed by atoms with Gasteiger partial charge in [0.2, 0.25) is 5.91 Å². The van der Waals surface area contributed by atoms with Crippen LogP contribution < -0.4 is 14.8 Å². The highest BCUT2D eigenvalue weighted by Crippen LogP contribution is 2.43. The van der Waals surface area contributed by atoms with E-state index in [1.165, 1.54) is 103 Å². The number of unbranched alkanes of at least 4 members (excludes halogenated alkanes) is 16. The average molecular weight is 955 g/mol. The number of nitrogens with one attached hydrogen (secondary N) is 1. The Kier molecular flexibility index (Phi) is 31.3. The van der Waals surface area contributed by atoms with Gasteiger partial charge in [-0.1, -0.05) is 212 Å². The summed E-state index contributed by atoms with van der Waals surface area (Å²) in [5.74, 6) is 1.77. The molecule has 0 saturated heterocycles. The highest BCUT2D eigenvalue weighted by Gasteiger charge is 2.45. The molecule has 2 aromatic rings. The SMILES string of the molecule is C.CCC(=O)NC(C)(c1ccc(OCCCCCCCCCCCO[Si](C(C)C)(C(C)C)C(C)C)cc1)c1ccc(OCCCCCCCCCCCO[Si](C(C)C)(C(C)C)C(C)C)cc1. The summed E-state index contributed by atoms with van der Waals surface area (Å²) in [5.41, 5.74) is 5.37. The van der Waals surface area contributed by atoms with Gasteiger partial charge in [0.25, 0.3) is 0 Å². The molecule has 66 heavy (non-hydrogen) atoms. The molecule has 6 nitrogen and oxygen atoms in total. The summed E-state index contributed by atoms with van der Waals surface area (Å²) in [5, 5.41) is 3.30. The van der Waals surface area contributed by atoms with Crippen molar-refractivity contribution in [2.45, 2.75) is 265 Å². The molecule has 382 valence electrons. The van der Waals surface area contributed by atoms with Gasteiger partial charge in [-0.3, -0.25) is 4.79 Å². The minimum absolute atomic E-state index is 0. The lowest BCUT2D eigenvalue weighted by Gasteiger charge is -2.42. The highest BCUT2D eigenvalue weighted by molar-refractivity contribution is 6.78. The highest BCUT2D eigenvalue weighted by atomic mass is 28.4. The van der Waals surface area contributed by atoms with E-state index in [1.54, 1.807) is 0 Å². The Balaban J connectivity index is 0.0000218. The van der Waals surface area contributed by atoms with Gasteiger partial charge in [-0.25, -0.2) is 0 Å². The fourth-order valence-electron chi connectivity index (χ4n) is 11.2. The molecule has 0 unspecified atom stereocenters. The second-order valence-electron chi connectivity index (χ2n) is 21.5. The second-order valence-corrected chi connectivity index (χ2v) is 32.4. The summed E-state index contributed by atoms with van der Waals surface area (Å²) in [4.78, 5) is 12.8. The molecule has 0 radical (unpaired) electrons. The summed E-state index contributed by atoms with van der Waals surface area (Å²) in [6.07, 6.45) is 23.0. The maximum absolute atomic E-state index is 12.8. The number of benzene rings is 2. The fraction of sp³-hybridized carbons (Fsp3) is 0.776. The Morgan fingerprint density at radius 2 is 0.682 bits per heavy atom. The maximum atomic E-state index is 12.8. The summed E-state index contributed by atoms with van der Waals surface area (Å²) >= 11 is 0. The zero-order chi connectivity index (χ0) is 48.3. The van der Waals surface area contributed by atoms with Crippen molar-refractivity contribution in [3.05, 3.63) is 59.7 Å². The number of hydrogen-bond acceptors (Lipinski definition) is 5. The summed E-state index contributed by atoms with van der Waals surface area (Å²) < 4.78 is 25.8. The summed E-state index contributed by atoms with van der Waals surface area (Å²) in [6.45, 7) is 35.8. The van der Waals surface area contributed by atoms with E-state index in [4.69, 9.17) is 18.3 Å². The monoisotopic (exact) mass is 954 g/mol. The molecule has 0 aliphatic rings. The molecular weight excluding hydrogens is 847 g/mol. The van der Waals surface area contributed by atoms with Crippen LogP contribution in [0.15, 0.2) is 48.5 Å². The molecule has 0 aliphatic carbocycles. The van der Waals surface area contributed by atoms with Crippen LogP contribution in [0.4, 0.5) is 0 Å². The first-order valence-corrected chi connectivity index (χ1v) is 31.3. The number of hydrogen-bond donors (Lipinski definition) is 1. The van der Waals surface area contributed by atoms with Crippen LogP contribution in [-0.2, 0) is 19.2 Å². The largest absolute Gasteiger partial charge is 0.494 e. The Morgan fingerprint density at radius 1 is 0.439 bits per heavy atom. The van der Waals surface area contributed by atoms with Crippen LogP contribution in [-0.4, -0.2) is 49.0 Å². The molecule has 0 fully saturated rings. The molecule has 0 heterocycles. The lowest BCUT2D eigenvalue weighted by molar-refractivity contribution is -0.122. The van der Waals surface area contributed by atoms with E-state index in [1.807, 2.05) is 31.2 Å². The quantitative estimate of drug-likeness (QED) is 0.0537. The minimum Gasteiger partial charge on any atom is -0.494 e. The van der Waals surface area contributed by atoms with E-state index in [0.29, 0.717) is 39.7 Å². The van der Waals surface area contributed by atoms with Crippen LogP contribution in [0.3, 0.4) is 0 Å². The van der Waals surface area contributed by atoms with Gasteiger partial charge in [0.15, 0.2) is 16.6 Å². The first kappa shape index (κ1) is 61.9. The number of amides is 1. The van der Waals surface area contributed by atoms with Gasteiger partial charge in [0.05, 0.1) is 18.8 Å². The van der Waals surface area contributed by atoms with Crippen molar-refractivity contribution in [1.82, 2.24) is 5.32 Å². The molecule has 0 bridgehead atoms. The van der Waals surface area contributed by atoms with Gasteiger partial charge >= 0.3 is 0 Å². The van der Waals surface area contributed by atoms with Crippen molar-refractivity contribution in [2.75, 3.05) is 26.4 Å². The lowest BCUT2D eigenvalue weighted by Crippen LogP contribution is -2.47. The third kappa shape index (κ3) is 20.1. The number of ether oxygens (including phenoxy) is 2. The molecular formula is C58H107NO5Si2. The molecule has 0 atom stereocenters. The van der Waals surface area contributed by atoms with Crippen molar-refractivity contribution in [3.63, 3.8) is 0 Å². The van der Waals surface area contributed by atoms with Crippen LogP contribution in [0.2, 0.25) is 33.2 Å². The van der Waals surface area contributed by atoms with Crippen molar-refractivity contribution < 1.29 is 23.1 Å². The summed E-state index contributed by atoms with van der Waals surface area (Å²) in [7, 11) is -3.45. The maximum Gasteiger partial charge on any atom is 0.220 e. The predicted octanol–water partition coefficient (Wildman–Crippen LogP) is 18.3. The van der Waals surface area contributed by atoms with Crippen molar-refractivity contribution in [3.8, 4) is 11.5 Å². The molecule has 1 amide bonds. The first-order chi connectivity index (χ1) is 31.0. The third-order valence-corrected chi connectivity index (χ3v) is 27.0. The van der Waals surface area contributed by atoms with Crippen LogP contribution in [0.5, 0.6) is 11.5 Å². The molecule has 2 aromatic carbocycles. The molecule has 0 saturated carbocycles. The van der Waals surface area contributed by atoms with Crippen LogP contribution >= 0.6 is 0 Å². The molecule has 2 rings (SSSR count). The van der Waals surface area contributed by atoms with E-state index in [2.05, 4.69) is 120 Å². The lowest BCUT2D eigenvalue weighted by atomic mass is 9.84. The topological polar surface area (TPSA) is 66.0 Å². The van der Waals surface area contributed by atoms with E-state index in [9.17, 15) is 4.79 Å².